The number of benzene rings is 3. The van der Waals surface area contributed by atoms with E-state index in [1.54, 1.807) is 24.1 Å². The summed E-state index contributed by atoms with van der Waals surface area (Å²) in [5, 5.41) is 5.90. The Hall–Kier alpha value is -4.96. The summed E-state index contributed by atoms with van der Waals surface area (Å²) in [4.78, 5) is 50.3. The highest BCUT2D eigenvalue weighted by molar-refractivity contribution is 5.99. The maximum absolute atomic E-state index is 14.3. The summed E-state index contributed by atoms with van der Waals surface area (Å²) in [5.74, 6) is 0.198. The number of ether oxygens (including phenoxy) is 2. The number of carbonyl (C=O) groups excluding carboxylic acids is 3. The van der Waals surface area contributed by atoms with Crippen LogP contribution in [0.1, 0.15) is 87.3 Å². The number of aromatic nitrogens is 2. The Morgan fingerprint density at radius 1 is 0.962 bits per heavy atom. The Morgan fingerprint density at radius 2 is 1.65 bits per heavy atom. The van der Waals surface area contributed by atoms with Crippen LogP contribution in [0.4, 0.5) is 10.5 Å². The van der Waals surface area contributed by atoms with Crippen LogP contribution in [0.25, 0.3) is 22.4 Å². The van der Waals surface area contributed by atoms with Crippen LogP contribution in [-0.4, -0.2) is 66.2 Å². The number of anilines is 1. The highest BCUT2D eigenvalue weighted by Crippen LogP contribution is 2.55. The normalized spacial score (nSPS) is 17.7. The molecule has 0 spiro atoms. The van der Waals surface area contributed by atoms with Gasteiger partial charge in [0.05, 0.1) is 25.6 Å². The fourth-order valence-electron chi connectivity index (χ4n) is 8.20. The van der Waals surface area contributed by atoms with Crippen molar-refractivity contribution in [2.75, 3.05) is 32.7 Å². The number of hydrogen-bond acceptors (Lipinski definition) is 6. The highest BCUT2D eigenvalue weighted by Gasteiger charge is 2.44. The van der Waals surface area contributed by atoms with E-state index in [-0.39, 0.29) is 23.1 Å². The summed E-state index contributed by atoms with van der Waals surface area (Å²) < 4.78 is 10.3. The van der Waals surface area contributed by atoms with Crippen molar-refractivity contribution in [2.45, 2.75) is 83.2 Å². The summed E-state index contributed by atoms with van der Waals surface area (Å²) in [7, 11) is 2.88. The fourth-order valence-corrected chi connectivity index (χ4v) is 8.20. The summed E-state index contributed by atoms with van der Waals surface area (Å²) in [5.41, 5.74) is 8.23. The molecule has 10 heteroatoms. The Balaban J connectivity index is 1.34. The second-order valence-corrected chi connectivity index (χ2v) is 14.2. The first-order valence-corrected chi connectivity index (χ1v) is 18.5. The van der Waals surface area contributed by atoms with Crippen LogP contribution < -0.4 is 10.6 Å². The number of methoxy groups -OCH3 is 2. The molecule has 10 nitrogen and oxygen atoms in total. The van der Waals surface area contributed by atoms with E-state index in [4.69, 9.17) is 9.47 Å². The lowest BCUT2D eigenvalue weighted by molar-refractivity contribution is -0.138. The summed E-state index contributed by atoms with van der Waals surface area (Å²) >= 11 is 0. The van der Waals surface area contributed by atoms with Crippen molar-refractivity contribution in [1.29, 1.82) is 0 Å². The molecule has 6 rings (SSSR count). The van der Waals surface area contributed by atoms with Gasteiger partial charge in [-0.2, -0.15) is 0 Å². The number of alkyl carbamates (subject to hydrolysis) is 1. The van der Waals surface area contributed by atoms with Crippen LogP contribution in [-0.2, 0) is 24.5 Å². The van der Waals surface area contributed by atoms with Gasteiger partial charge in [0.2, 0.25) is 5.91 Å². The van der Waals surface area contributed by atoms with Gasteiger partial charge >= 0.3 is 6.09 Å². The number of aryl methyl sites for hydroxylation is 1. The van der Waals surface area contributed by atoms with Gasteiger partial charge in [-0.3, -0.25) is 9.59 Å². The molecule has 1 saturated heterocycles. The molecule has 2 heterocycles. The van der Waals surface area contributed by atoms with Crippen molar-refractivity contribution in [1.82, 2.24) is 20.2 Å². The zero-order valence-electron chi connectivity index (χ0n) is 31.0. The predicted octanol–water partition coefficient (Wildman–Crippen LogP) is 7.93. The average molecular weight is 706 g/mol. The molecule has 3 N–H and O–H groups in total. The van der Waals surface area contributed by atoms with E-state index >= 15 is 0 Å². The third-order valence-corrected chi connectivity index (χ3v) is 10.8. The molecular formula is C42H51N5O5. The first-order chi connectivity index (χ1) is 25.2. The molecule has 0 bridgehead atoms. The maximum atomic E-state index is 14.3. The van der Waals surface area contributed by atoms with Crippen molar-refractivity contribution in [2.24, 2.45) is 5.92 Å². The number of H-pyrrole nitrogens is 1. The molecule has 1 aromatic heterocycles. The molecule has 0 saturated carbocycles. The lowest BCUT2D eigenvalue weighted by Gasteiger charge is -2.33. The van der Waals surface area contributed by atoms with Crippen molar-refractivity contribution >= 4 is 23.6 Å². The number of fused-ring (bicyclic) bond motifs is 3. The quantitative estimate of drug-likeness (QED) is 0.122. The van der Waals surface area contributed by atoms with Gasteiger partial charge in [0, 0.05) is 30.7 Å². The molecule has 52 heavy (non-hydrogen) atoms. The number of rotatable bonds is 14. The van der Waals surface area contributed by atoms with E-state index in [1.165, 1.54) is 29.4 Å². The van der Waals surface area contributed by atoms with Crippen LogP contribution in [0.5, 0.6) is 0 Å². The largest absolute Gasteiger partial charge is 0.453 e. The van der Waals surface area contributed by atoms with E-state index in [1.807, 2.05) is 37.4 Å². The molecule has 1 aliphatic carbocycles. The van der Waals surface area contributed by atoms with Gasteiger partial charge in [-0.1, -0.05) is 88.1 Å². The SMILES string of the molecule is CCCCC1(CCCC)c2cc(NC(=O)[C@@H]3C[C@H](COC)CN3C(=O)[C@H](NC(=O)OC)c3ccccc3)ccc2-c2ccc(-c3cnc(C)[nH]3)cc21. The van der Waals surface area contributed by atoms with Crippen LogP contribution in [0.3, 0.4) is 0 Å². The second kappa shape index (κ2) is 16.2. The molecule has 3 aromatic carbocycles. The monoisotopic (exact) mass is 705 g/mol. The minimum atomic E-state index is -1.02. The Labute approximate surface area is 306 Å². The van der Waals surface area contributed by atoms with Crippen molar-refractivity contribution in [3.63, 3.8) is 0 Å². The summed E-state index contributed by atoms with van der Waals surface area (Å²) in [6, 6.07) is 20.3. The van der Waals surface area contributed by atoms with E-state index in [9.17, 15) is 14.4 Å². The Morgan fingerprint density at radius 3 is 2.29 bits per heavy atom. The number of nitrogens with zero attached hydrogens (tertiary/aromatic N) is 2. The van der Waals surface area contributed by atoms with Gasteiger partial charge < -0.3 is 30.0 Å². The predicted molar refractivity (Wildman–Crippen MR) is 203 cm³/mol. The van der Waals surface area contributed by atoms with Crippen molar-refractivity contribution in [3.05, 3.63) is 95.4 Å². The molecule has 3 amide bonds. The zero-order valence-corrected chi connectivity index (χ0v) is 31.0. The summed E-state index contributed by atoms with van der Waals surface area (Å²) in [6.07, 6.45) is 7.94. The fraction of sp³-hybridized carbons (Fsp3) is 0.429. The lowest BCUT2D eigenvalue weighted by Crippen LogP contribution is -2.48. The van der Waals surface area contributed by atoms with E-state index < -0.39 is 18.2 Å². The summed E-state index contributed by atoms with van der Waals surface area (Å²) in [6.45, 7) is 7.17. The van der Waals surface area contributed by atoms with Gasteiger partial charge in [0.15, 0.2) is 0 Å². The Bertz CT molecular complexity index is 1880. The number of amides is 3. The van der Waals surface area contributed by atoms with Gasteiger partial charge in [-0.15, -0.1) is 0 Å². The molecule has 274 valence electrons. The van der Waals surface area contributed by atoms with Crippen LogP contribution in [0.2, 0.25) is 0 Å². The number of hydrogen-bond donors (Lipinski definition) is 3. The average Bonchev–Trinajstić information content (AvgIpc) is 3.87. The first kappa shape index (κ1) is 36.8. The van der Waals surface area contributed by atoms with Crippen molar-refractivity contribution < 1.29 is 23.9 Å². The third-order valence-electron chi connectivity index (χ3n) is 10.8. The molecule has 3 atom stereocenters. The van der Waals surface area contributed by atoms with Gasteiger partial charge in [0.1, 0.15) is 17.9 Å². The van der Waals surface area contributed by atoms with Gasteiger partial charge in [0.25, 0.3) is 5.91 Å². The van der Waals surface area contributed by atoms with E-state index in [0.29, 0.717) is 30.8 Å². The number of carbonyl (C=O) groups is 3. The van der Waals surface area contributed by atoms with Crippen LogP contribution >= 0.6 is 0 Å². The molecule has 2 aliphatic rings. The molecule has 0 radical (unpaired) electrons. The number of unbranched alkanes of at least 4 members (excludes halogenated alkanes) is 2. The number of likely N-dealkylation sites (tertiary alicyclic amines) is 1. The third kappa shape index (κ3) is 7.35. The van der Waals surface area contributed by atoms with Crippen LogP contribution in [0.15, 0.2) is 72.9 Å². The topological polar surface area (TPSA) is 126 Å². The van der Waals surface area contributed by atoms with Crippen molar-refractivity contribution in [3.8, 4) is 22.4 Å². The number of nitrogens with one attached hydrogen (secondary N) is 3. The molecule has 1 fully saturated rings. The van der Waals surface area contributed by atoms with Crippen LogP contribution in [0, 0.1) is 12.8 Å². The molecule has 0 unspecified atom stereocenters. The molecule has 4 aromatic rings. The van der Waals surface area contributed by atoms with Gasteiger partial charge in [-0.05, 0) is 77.8 Å². The number of aromatic amines is 1. The van der Waals surface area contributed by atoms with Gasteiger partial charge in [-0.25, -0.2) is 9.78 Å². The highest BCUT2D eigenvalue weighted by atomic mass is 16.5. The maximum Gasteiger partial charge on any atom is 0.407 e. The molecular weight excluding hydrogens is 654 g/mol. The smallest absolute Gasteiger partial charge is 0.407 e. The number of imidazole rings is 1. The molecule has 1 aliphatic heterocycles. The Kier molecular flexibility index (Phi) is 11.4. The van der Waals surface area contributed by atoms with E-state index in [0.717, 1.165) is 55.6 Å². The first-order valence-electron chi connectivity index (χ1n) is 18.5. The standard InChI is InChI=1S/C42H51N5O5/c1-6-8-19-42(20-9-7-2)34-22-30(36-24-43-27(3)44-36)15-17-32(34)33-18-16-31(23-35(33)42)45-39(48)37-21-28(26-51-4)25-47(37)40(49)38(46-41(50)52-5)29-13-11-10-12-14-29/h10-18,22-24,28,37-38H,6-9,19-21,25-26H2,1-5H3,(H,43,44)(H,45,48)(H,46,50)/t28-,37-,38+/m0/s1. The minimum Gasteiger partial charge on any atom is -0.453 e. The zero-order chi connectivity index (χ0) is 36.8. The van der Waals surface area contributed by atoms with E-state index in [2.05, 4.69) is 64.8 Å². The second-order valence-electron chi connectivity index (χ2n) is 14.2. The lowest BCUT2D eigenvalue weighted by atomic mass is 9.70. The minimum absolute atomic E-state index is 0.0441.